The van der Waals surface area contributed by atoms with E-state index in [0.29, 0.717) is 5.15 Å². The van der Waals surface area contributed by atoms with Crippen molar-refractivity contribution in [1.82, 2.24) is 9.88 Å². The zero-order chi connectivity index (χ0) is 9.68. The lowest BCUT2D eigenvalue weighted by Crippen LogP contribution is -2.14. The molecule has 0 N–H and O–H groups in total. The minimum Gasteiger partial charge on any atom is -0.309 e. The van der Waals surface area contributed by atoms with Crippen LogP contribution in [0.3, 0.4) is 0 Å². The Morgan fingerprint density at radius 1 is 1.54 bits per heavy atom. The molecule has 1 rings (SSSR count). The Labute approximate surface area is 88.3 Å². The van der Waals surface area contributed by atoms with E-state index in [1.165, 1.54) is 4.90 Å². The Morgan fingerprint density at radius 3 is 2.92 bits per heavy atom. The Morgan fingerprint density at radius 2 is 2.31 bits per heavy atom. The van der Waals surface area contributed by atoms with Gasteiger partial charge in [0.25, 0.3) is 0 Å². The Bertz CT molecular complexity index is 266. The normalized spacial score (nSPS) is 10.8. The average molecular weight is 217 g/mol. The fourth-order valence-corrected chi connectivity index (χ4v) is 2.10. The van der Waals surface area contributed by atoms with Crippen LogP contribution in [0.5, 0.6) is 0 Å². The third-order valence-electron chi connectivity index (χ3n) is 1.51. The molecule has 2 nitrogen and oxygen atoms in total. The summed E-state index contributed by atoms with van der Waals surface area (Å²) in [5.74, 6) is 1.08. The molecule has 0 bridgehead atoms. The van der Waals surface area contributed by atoms with Crippen LogP contribution in [0.4, 0.5) is 0 Å². The summed E-state index contributed by atoms with van der Waals surface area (Å²) in [6.07, 6.45) is 1.74. The molecule has 1 heterocycles. The third kappa shape index (κ3) is 4.50. The van der Waals surface area contributed by atoms with Crippen molar-refractivity contribution < 1.29 is 0 Å². The van der Waals surface area contributed by atoms with Crippen molar-refractivity contribution in [2.45, 2.75) is 4.90 Å². The highest BCUT2D eigenvalue weighted by atomic mass is 35.5. The summed E-state index contributed by atoms with van der Waals surface area (Å²) < 4.78 is 0. The van der Waals surface area contributed by atoms with Gasteiger partial charge in [0, 0.05) is 23.4 Å². The lowest BCUT2D eigenvalue weighted by atomic mass is 10.5. The van der Waals surface area contributed by atoms with E-state index in [-0.39, 0.29) is 0 Å². The molecule has 0 aliphatic carbocycles. The zero-order valence-corrected chi connectivity index (χ0v) is 9.40. The Kier molecular flexibility index (Phi) is 4.56. The minimum atomic E-state index is 0.565. The highest BCUT2D eigenvalue weighted by Crippen LogP contribution is 2.19. The van der Waals surface area contributed by atoms with Crippen LogP contribution in [0.2, 0.25) is 5.15 Å². The van der Waals surface area contributed by atoms with Crippen molar-refractivity contribution in [3.8, 4) is 0 Å². The summed E-state index contributed by atoms with van der Waals surface area (Å²) in [6.45, 7) is 1.07. The topological polar surface area (TPSA) is 16.1 Å². The van der Waals surface area contributed by atoms with E-state index in [9.17, 15) is 0 Å². The fourth-order valence-electron chi connectivity index (χ4n) is 0.821. The van der Waals surface area contributed by atoms with Gasteiger partial charge in [-0.2, -0.15) is 0 Å². The van der Waals surface area contributed by atoms with Gasteiger partial charge < -0.3 is 4.90 Å². The highest BCUT2D eigenvalue weighted by molar-refractivity contribution is 7.99. The molecule has 0 aliphatic rings. The second kappa shape index (κ2) is 5.47. The maximum atomic E-state index is 5.75. The molecule has 1 aromatic heterocycles. The number of hydrogen-bond acceptors (Lipinski definition) is 3. The van der Waals surface area contributed by atoms with Gasteiger partial charge in [-0.25, -0.2) is 4.98 Å². The van der Waals surface area contributed by atoms with Gasteiger partial charge in [-0.1, -0.05) is 11.6 Å². The van der Waals surface area contributed by atoms with E-state index in [1.807, 2.05) is 12.1 Å². The molecule has 0 radical (unpaired) electrons. The smallest absolute Gasteiger partial charge is 0.130 e. The van der Waals surface area contributed by atoms with Gasteiger partial charge >= 0.3 is 0 Å². The molecule has 0 aliphatic heterocycles. The van der Waals surface area contributed by atoms with Gasteiger partial charge in [-0.15, -0.1) is 11.8 Å². The lowest BCUT2D eigenvalue weighted by Gasteiger charge is -2.08. The Hall–Kier alpha value is -0.250. The summed E-state index contributed by atoms with van der Waals surface area (Å²) in [6, 6.07) is 3.87. The van der Waals surface area contributed by atoms with Crippen LogP contribution in [0.15, 0.2) is 23.2 Å². The van der Waals surface area contributed by atoms with Crippen molar-refractivity contribution in [3.63, 3.8) is 0 Å². The first-order valence-corrected chi connectivity index (χ1v) is 5.44. The molecule has 0 spiro atoms. The van der Waals surface area contributed by atoms with Crippen LogP contribution in [0.1, 0.15) is 0 Å². The van der Waals surface area contributed by atoms with E-state index < -0.39 is 0 Å². The van der Waals surface area contributed by atoms with Crippen LogP contribution < -0.4 is 0 Å². The molecule has 0 amide bonds. The molecule has 0 fully saturated rings. The number of halogens is 1. The van der Waals surface area contributed by atoms with Crippen LogP contribution in [0, 0.1) is 0 Å². The van der Waals surface area contributed by atoms with Crippen LogP contribution >= 0.6 is 23.4 Å². The first-order valence-electron chi connectivity index (χ1n) is 4.07. The summed E-state index contributed by atoms with van der Waals surface area (Å²) in [5.41, 5.74) is 0. The Balaban J connectivity index is 2.37. The molecular weight excluding hydrogens is 204 g/mol. The maximum Gasteiger partial charge on any atom is 0.130 e. The van der Waals surface area contributed by atoms with Crippen molar-refractivity contribution in [1.29, 1.82) is 0 Å². The van der Waals surface area contributed by atoms with Crippen molar-refractivity contribution in [2.24, 2.45) is 0 Å². The van der Waals surface area contributed by atoms with Crippen LogP contribution in [-0.2, 0) is 0 Å². The molecule has 1 aromatic rings. The summed E-state index contributed by atoms with van der Waals surface area (Å²) >= 11 is 7.55. The largest absolute Gasteiger partial charge is 0.309 e. The van der Waals surface area contributed by atoms with E-state index in [2.05, 4.69) is 24.0 Å². The molecule has 0 aromatic carbocycles. The summed E-state index contributed by atoms with van der Waals surface area (Å²) in [5, 5.41) is 0.565. The minimum absolute atomic E-state index is 0.565. The van der Waals surface area contributed by atoms with E-state index in [1.54, 1.807) is 18.0 Å². The molecule has 0 saturated carbocycles. The third-order valence-corrected chi connectivity index (χ3v) is 2.69. The predicted octanol–water partition coefficient (Wildman–Crippen LogP) is 2.39. The SMILES string of the molecule is CN(C)CCSc1ccnc(Cl)c1. The number of rotatable bonds is 4. The molecular formula is C9H13ClN2S. The van der Waals surface area contributed by atoms with Gasteiger partial charge in [-0.3, -0.25) is 0 Å². The van der Waals surface area contributed by atoms with E-state index >= 15 is 0 Å². The standard InChI is InChI=1S/C9H13ClN2S/c1-12(2)5-6-13-8-3-4-11-9(10)7-8/h3-4,7H,5-6H2,1-2H3. The molecule has 72 valence electrons. The van der Waals surface area contributed by atoms with Crippen molar-refractivity contribution in [2.75, 3.05) is 26.4 Å². The molecule has 4 heteroatoms. The van der Waals surface area contributed by atoms with E-state index in [4.69, 9.17) is 11.6 Å². The molecule has 0 atom stereocenters. The van der Waals surface area contributed by atoms with Gasteiger partial charge in [0.2, 0.25) is 0 Å². The van der Waals surface area contributed by atoms with Crippen LogP contribution in [0.25, 0.3) is 0 Å². The molecule has 0 saturated heterocycles. The lowest BCUT2D eigenvalue weighted by molar-refractivity contribution is 0.437. The van der Waals surface area contributed by atoms with Gasteiger partial charge in [-0.05, 0) is 26.2 Å². The quantitative estimate of drug-likeness (QED) is 0.568. The number of pyridine rings is 1. The number of thioether (sulfide) groups is 1. The van der Waals surface area contributed by atoms with Crippen LogP contribution in [-0.4, -0.2) is 36.3 Å². The number of hydrogen-bond donors (Lipinski definition) is 0. The monoisotopic (exact) mass is 216 g/mol. The summed E-state index contributed by atoms with van der Waals surface area (Å²) in [4.78, 5) is 7.27. The van der Waals surface area contributed by atoms with Gasteiger partial charge in [0.15, 0.2) is 0 Å². The zero-order valence-electron chi connectivity index (χ0n) is 7.83. The average Bonchev–Trinajstić information content (AvgIpc) is 2.03. The highest BCUT2D eigenvalue weighted by Gasteiger charge is 1.96. The van der Waals surface area contributed by atoms with E-state index in [0.717, 1.165) is 12.3 Å². The first kappa shape index (κ1) is 10.8. The second-order valence-corrected chi connectivity index (χ2v) is 4.52. The number of aromatic nitrogens is 1. The van der Waals surface area contributed by atoms with Crippen molar-refractivity contribution >= 4 is 23.4 Å². The molecule has 13 heavy (non-hydrogen) atoms. The first-order chi connectivity index (χ1) is 6.18. The second-order valence-electron chi connectivity index (χ2n) is 2.97. The fraction of sp³-hybridized carbons (Fsp3) is 0.444. The van der Waals surface area contributed by atoms with Crippen molar-refractivity contribution in [3.05, 3.63) is 23.5 Å². The maximum absolute atomic E-state index is 5.75. The predicted molar refractivity (Wildman–Crippen MR) is 58.5 cm³/mol. The van der Waals surface area contributed by atoms with Gasteiger partial charge in [0.1, 0.15) is 5.15 Å². The number of nitrogens with zero attached hydrogens (tertiary/aromatic N) is 2. The molecule has 0 unspecified atom stereocenters. The van der Waals surface area contributed by atoms with Gasteiger partial charge in [0.05, 0.1) is 0 Å². The summed E-state index contributed by atoms with van der Waals surface area (Å²) in [7, 11) is 4.14.